The first kappa shape index (κ1) is 16.3. The summed E-state index contributed by atoms with van der Waals surface area (Å²) >= 11 is 0. The summed E-state index contributed by atoms with van der Waals surface area (Å²) in [6.45, 7) is 5.44. The van der Waals surface area contributed by atoms with E-state index in [1.54, 1.807) is 0 Å². The van der Waals surface area contributed by atoms with Gasteiger partial charge in [0.15, 0.2) is 0 Å². The molecule has 0 aromatic rings. The molecule has 2 aliphatic heterocycles. The van der Waals surface area contributed by atoms with E-state index in [-0.39, 0.29) is 23.8 Å². The van der Waals surface area contributed by atoms with Gasteiger partial charge in [0.2, 0.25) is 11.8 Å². The lowest BCUT2D eigenvalue weighted by Crippen LogP contribution is -2.55. The van der Waals surface area contributed by atoms with Crippen molar-refractivity contribution in [2.45, 2.75) is 38.1 Å². The maximum Gasteiger partial charge on any atom is 0.236 e. The van der Waals surface area contributed by atoms with Crippen LogP contribution in [0.5, 0.6) is 0 Å². The molecule has 0 aromatic heterocycles. The number of carbonyl (C=O) groups is 2. The van der Waals surface area contributed by atoms with Crippen molar-refractivity contribution in [1.82, 2.24) is 14.7 Å². The summed E-state index contributed by atoms with van der Waals surface area (Å²) in [4.78, 5) is 31.3. The zero-order valence-electron chi connectivity index (χ0n) is 14.5. The van der Waals surface area contributed by atoms with Gasteiger partial charge in [-0.25, -0.2) is 0 Å². The Morgan fingerprint density at radius 3 is 2.17 bits per heavy atom. The van der Waals surface area contributed by atoms with Gasteiger partial charge in [0.25, 0.3) is 0 Å². The molecule has 2 saturated carbocycles. The van der Waals surface area contributed by atoms with Crippen LogP contribution >= 0.6 is 0 Å². The van der Waals surface area contributed by atoms with Gasteiger partial charge in [-0.05, 0) is 43.9 Å². The predicted octanol–water partition coefficient (Wildman–Crippen LogP) is 0.126. The van der Waals surface area contributed by atoms with Crippen molar-refractivity contribution in [2.75, 3.05) is 45.8 Å². The van der Waals surface area contributed by atoms with E-state index in [2.05, 4.69) is 4.90 Å². The van der Waals surface area contributed by atoms with E-state index in [1.165, 1.54) is 12.8 Å². The zero-order valence-corrected chi connectivity index (χ0v) is 14.5. The molecule has 4 rings (SSSR count). The second-order valence-corrected chi connectivity index (χ2v) is 8.13. The molecule has 24 heavy (non-hydrogen) atoms. The number of fused-ring (bicyclic) bond motifs is 2. The summed E-state index contributed by atoms with van der Waals surface area (Å²) < 4.78 is 0. The lowest BCUT2D eigenvalue weighted by molar-refractivity contribution is -0.140. The molecule has 4 aliphatic rings. The molecule has 0 aromatic carbocycles. The highest BCUT2D eigenvalue weighted by Crippen LogP contribution is 2.48. The number of nitrogens with zero attached hydrogens (tertiary/aromatic N) is 3. The van der Waals surface area contributed by atoms with Crippen LogP contribution in [-0.4, -0.2) is 78.4 Å². The zero-order chi connectivity index (χ0) is 16.7. The molecule has 2 amide bonds. The van der Waals surface area contributed by atoms with E-state index in [9.17, 15) is 9.59 Å². The molecule has 134 valence electrons. The van der Waals surface area contributed by atoms with Crippen LogP contribution in [0.3, 0.4) is 0 Å². The fourth-order valence-electron chi connectivity index (χ4n) is 5.30. The Morgan fingerprint density at radius 2 is 1.54 bits per heavy atom. The highest BCUT2D eigenvalue weighted by atomic mass is 16.2. The summed E-state index contributed by atoms with van der Waals surface area (Å²) in [5, 5.41) is 0. The largest absolute Gasteiger partial charge is 0.342 e. The van der Waals surface area contributed by atoms with Gasteiger partial charge in [0.1, 0.15) is 0 Å². The van der Waals surface area contributed by atoms with E-state index in [4.69, 9.17) is 5.73 Å². The highest BCUT2D eigenvalue weighted by Gasteiger charge is 2.50. The topological polar surface area (TPSA) is 69.9 Å². The third-order valence-corrected chi connectivity index (χ3v) is 6.77. The Labute approximate surface area is 144 Å². The van der Waals surface area contributed by atoms with Crippen molar-refractivity contribution in [3.05, 3.63) is 0 Å². The smallest absolute Gasteiger partial charge is 0.236 e. The van der Waals surface area contributed by atoms with Gasteiger partial charge in [0.05, 0.1) is 12.5 Å². The molecule has 2 saturated heterocycles. The van der Waals surface area contributed by atoms with Crippen LogP contribution in [0.4, 0.5) is 0 Å². The average molecular weight is 334 g/mol. The molecule has 6 heteroatoms. The number of nitrogens with two attached hydrogens (primary N) is 1. The Hall–Kier alpha value is -1.14. The first-order valence-corrected chi connectivity index (χ1v) is 9.68. The molecular weight excluding hydrogens is 304 g/mol. The third-order valence-electron chi connectivity index (χ3n) is 6.77. The number of rotatable bonds is 3. The molecule has 0 radical (unpaired) electrons. The van der Waals surface area contributed by atoms with Gasteiger partial charge in [-0.2, -0.15) is 0 Å². The van der Waals surface area contributed by atoms with Gasteiger partial charge in [0, 0.05) is 45.3 Å². The van der Waals surface area contributed by atoms with Crippen molar-refractivity contribution >= 4 is 11.8 Å². The molecule has 2 bridgehead atoms. The lowest BCUT2D eigenvalue weighted by atomic mass is 9.84. The Kier molecular flexibility index (Phi) is 4.52. The van der Waals surface area contributed by atoms with Gasteiger partial charge >= 0.3 is 0 Å². The predicted molar refractivity (Wildman–Crippen MR) is 91.1 cm³/mol. The molecule has 0 spiro atoms. The number of piperazine rings is 1. The molecule has 4 fully saturated rings. The monoisotopic (exact) mass is 334 g/mol. The molecule has 4 unspecified atom stereocenters. The number of likely N-dealkylation sites (tertiary alicyclic amines) is 1. The fraction of sp³-hybridized carbons (Fsp3) is 0.889. The summed E-state index contributed by atoms with van der Waals surface area (Å²) in [6, 6.07) is 0.0750. The van der Waals surface area contributed by atoms with E-state index >= 15 is 0 Å². The number of hydrogen-bond donors (Lipinski definition) is 1. The van der Waals surface area contributed by atoms with Gasteiger partial charge in [-0.15, -0.1) is 0 Å². The van der Waals surface area contributed by atoms with E-state index < -0.39 is 0 Å². The fourth-order valence-corrected chi connectivity index (χ4v) is 5.30. The van der Waals surface area contributed by atoms with Gasteiger partial charge in [-0.1, -0.05) is 0 Å². The van der Waals surface area contributed by atoms with Crippen LogP contribution in [0.1, 0.15) is 32.1 Å². The van der Waals surface area contributed by atoms with Crippen LogP contribution in [0.25, 0.3) is 0 Å². The molecule has 2 aliphatic carbocycles. The van der Waals surface area contributed by atoms with Crippen LogP contribution < -0.4 is 5.73 Å². The van der Waals surface area contributed by atoms with Crippen molar-refractivity contribution in [1.29, 1.82) is 0 Å². The van der Waals surface area contributed by atoms with Crippen LogP contribution in [0, 0.1) is 17.8 Å². The summed E-state index contributed by atoms with van der Waals surface area (Å²) in [5.74, 6) is 1.68. The van der Waals surface area contributed by atoms with E-state index in [0.717, 1.165) is 58.5 Å². The second-order valence-electron chi connectivity index (χ2n) is 8.13. The Balaban J connectivity index is 1.27. The lowest BCUT2D eigenvalue weighted by Gasteiger charge is -2.38. The maximum absolute atomic E-state index is 12.9. The van der Waals surface area contributed by atoms with Crippen LogP contribution in [0.15, 0.2) is 0 Å². The normalized spacial score (nSPS) is 36.5. The SMILES string of the molecule is NC1C2CCC(C2)C1C(=O)N1CCN(CC(=O)N2CCCC2)CC1. The third kappa shape index (κ3) is 2.94. The molecule has 2 heterocycles. The number of amides is 2. The molecule has 2 N–H and O–H groups in total. The maximum atomic E-state index is 12.9. The Morgan fingerprint density at radius 1 is 0.875 bits per heavy atom. The van der Waals surface area contributed by atoms with Crippen molar-refractivity contribution in [2.24, 2.45) is 23.5 Å². The first-order valence-electron chi connectivity index (χ1n) is 9.68. The van der Waals surface area contributed by atoms with Crippen molar-refractivity contribution in [3.63, 3.8) is 0 Å². The van der Waals surface area contributed by atoms with E-state index in [0.29, 0.717) is 18.4 Å². The van der Waals surface area contributed by atoms with Crippen molar-refractivity contribution < 1.29 is 9.59 Å². The molecular formula is C18H30N4O2. The number of hydrogen-bond acceptors (Lipinski definition) is 4. The van der Waals surface area contributed by atoms with Crippen LogP contribution in [0.2, 0.25) is 0 Å². The minimum absolute atomic E-state index is 0.0570. The minimum atomic E-state index is 0.0570. The van der Waals surface area contributed by atoms with Crippen molar-refractivity contribution in [3.8, 4) is 0 Å². The average Bonchev–Trinajstić information content (AvgIpc) is 3.32. The van der Waals surface area contributed by atoms with Gasteiger partial charge in [-0.3, -0.25) is 14.5 Å². The quantitative estimate of drug-likeness (QED) is 0.796. The standard InChI is InChI=1S/C18H30N4O2/c19-17-14-4-3-13(11-14)16(17)18(24)22-9-7-20(8-10-22)12-15(23)21-5-1-2-6-21/h13-14,16-17H,1-12,19H2. The van der Waals surface area contributed by atoms with E-state index in [1.807, 2.05) is 9.80 Å². The number of carbonyl (C=O) groups excluding carboxylic acids is 2. The summed E-state index contributed by atoms with van der Waals surface area (Å²) in [5.41, 5.74) is 6.33. The van der Waals surface area contributed by atoms with Gasteiger partial charge < -0.3 is 15.5 Å². The molecule has 6 nitrogen and oxygen atoms in total. The highest BCUT2D eigenvalue weighted by molar-refractivity contribution is 5.81. The second kappa shape index (κ2) is 6.64. The summed E-state index contributed by atoms with van der Waals surface area (Å²) in [7, 11) is 0. The Bertz CT molecular complexity index is 495. The van der Waals surface area contributed by atoms with Crippen LogP contribution in [-0.2, 0) is 9.59 Å². The molecule has 4 atom stereocenters. The first-order chi connectivity index (χ1) is 11.6. The minimum Gasteiger partial charge on any atom is -0.342 e. The summed E-state index contributed by atoms with van der Waals surface area (Å²) in [6.07, 6.45) is 5.82.